The molecule has 0 aromatic heterocycles. The Morgan fingerprint density at radius 2 is 1.13 bits per heavy atom. The third-order valence-corrected chi connectivity index (χ3v) is 5.78. The van der Waals surface area contributed by atoms with E-state index in [0.29, 0.717) is 37.3 Å². The lowest BCUT2D eigenvalue weighted by atomic mass is 10.0. The minimum atomic E-state index is -0.0204. The van der Waals surface area contributed by atoms with Gasteiger partial charge in [0.2, 0.25) is 5.91 Å². The van der Waals surface area contributed by atoms with E-state index < -0.39 is 0 Å². The van der Waals surface area contributed by atoms with E-state index in [-0.39, 0.29) is 30.4 Å². The molecule has 0 radical (unpaired) electrons. The first-order valence-corrected chi connectivity index (χ1v) is 10.8. The molecular weight excluding hydrogens is 376 g/mol. The summed E-state index contributed by atoms with van der Waals surface area (Å²) in [5.74, 6) is -0.0151. The topological polar surface area (TPSA) is 57.7 Å². The van der Waals surface area contributed by atoms with Gasteiger partial charge in [-0.05, 0) is 36.1 Å². The minimum Gasteiger partial charge on any atom is -0.339 e. The summed E-state index contributed by atoms with van der Waals surface area (Å²) in [7, 11) is 0. The zero-order chi connectivity index (χ0) is 21.5. The number of piperazine rings is 1. The van der Waals surface area contributed by atoms with Crippen LogP contribution in [0.5, 0.6) is 0 Å². The molecule has 0 aliphatic carbocycles. The molecule has 0 unspecified atom stereocenters. The fourth-order valence-corrected chi connectivity index (χ4v) is 3.67. The summed E-state index contributed by atoms with van der Waals surface area (Å²) >= 11 is 0. The molecule has 30 heavy (non-hydrogen) atoms. The predicted octanol–water partition coefficient (Wildman–Crippen LogP) is 3.76. The number of hydrogen-bond acceptors (Lipinski definition) is 3. The molecule has 0 bridgehead atoms. The molecule has 5 heteroatoms. The highest BCUT2D eigenvalue weighted by Crippen LogP contribution is 2.13. The largest absolute Gasteiger partial charge is 0.339 e. The maximum Gasteiger partial charge on any atom is 0.253 e. The predicted molar refractivity (Wildman–Crippen MR) is 118 cm³/mol. The van der Waals surface area contributed by atoms with Gasteiger partial charge in [-0.3, -0.25) is 14.4 Å². The van der Waals surface area contributed by atoms with Crippen molar-refractivity contribution >= 4 is 17.6 Å². The molecule has 0 saturated carbocycles. The second-order valence-corrected chi connectivity index (χ2v) is 7.70. The average Bonchev–Trinajstić information content (AvgIpc) is 2.82. The number of ketones is 1. The summed E-state index contributed by atoms with van der Waals surface area (Å²) in [4.78, 5) is 41.1. The van der Waals surface area contributed by atoms with E-state index in [4.69, 9.17) is 0 Å². The van der Waals surface area contributed by atoms with E-state index in [1.807, 2.05) is 48.5 Å². The van der Waals surface area contributed by atoms with Crippen LogP contribution in [0.15, 0.2) is 48.5 Å². The first-order chi connectivity index (χ1) is 14.5. The van der Waals surface area contributed by atoms with E-state index in [1.54, 1.807) is 9.80 Å². The molecule has 5 nitrogen and oxygen atoms in total. The highest BCUT2D eigenvalue weighted by Gasteiger charge is 2.25. The quantitative estimate of drug-likeness (QED) is 0.658. The standard InChI is InChI=1S/C25H30N2O3/c1-3-19-5-9-21(10-6-19)23(28)13-14-24(29)26-15-17-27(18-16-26)25(30)22-11-7-20(4-2)8-12-22/h5-12H,3-4,13-18H2,1-2H3. The molecule has 1 saturated heterocycles. The van der Waals surface area contributed by atoms with Gasteiger partial charge in [0.05, 0.1) is 0 Å². The van der Waals surface area contributed by atoms with Crippen molar-refractivity contribution in [3.05, 3.63) is 70.8 Å². The fourth-order valence-electron chi connectivity index (χ4n) is 3.67. The van der Waals surface area contributed by atoms with Gasteiger partial charge >= 0.3 is 0 Å². The molecule has 2 amide bonds. The number of aryl methyl sites for hydroxylation is 2. The maximum atomic E-state index is 12.7. The number of amides is 2. The number of nitrogens with zero attached hydrogens (tertiary/aromatic N) is 2. The van der Waals surface area contributed by atoms with Crippen molar-refractivity contribution in [2.45, 2.75) is 39.5 Å². The molecule has 1 heterocycles. The number of benzene rings is 2. The number of carbonyl (C=O) groups is 3. The Kier molecular flexibility index (Phi) is 7.39. The van der Waals surface area contributed by atoms with Crippen LogP contribution in [0.4, 0.5) is 0 Å². The average molecular weight is 407 g/mol. The van der Waals surface area contributed by atoms with E-state index in [2.05, 4.69) is 13.8 Å². The summed E-state index contributed by atoms with van der Waals surface area (Å²) in [6.45, 7) is 6.22. The maximum absolute atomic E-state index is 12.7. The van der Waals surface area contributed by atoms with Crippen molar-refractivity contribution in [3.8, 4) is 0 Å². The third kappa shape index (κ3) is 5.35. The third-order valence-electron chi connectivity index (χ3n) is 5.78. The molecule has 0 atom stereocenters. The van der Waals surface area contributed by atoms with Crippen LogP contribution in [0.25, 0.3) is 0 Å². The summed E-state index contributed by atoms with van der Waals surface area (Å²) < 4.78 is 0. The van der Waals surface area contributed by atoms with Gasteiger partial charge in [-0.1, -0.05) is 50.2 Å². The first-order valence-electron chi connectivity index (χ1n) is 10.8. The van der Waals surface area contributed by atoms with Crippen LogP contribution in [0, 0.1) is 0 Å². The van der Waals surface area contributed by atoms with Crippen LogP contribution < -0.4 is 0 Å². The number of rotatable bonds is 7. The molecule has 3 rings (SSSR count). The van der Waals surface area contributed by atoms with E-state index in [9.17, 15) is 14.4 Å². The number of carbonyl (C=O) groups excluding carboxylic acids is 3. The Morgan fingerprint density at radius 3 is 1.63 bits per heavy atom. The van der Waals surface area contributed by atoms with Gasteiger partial charge in [0.25, 0.3) is 5.91 Å². The zero-order valence-corrected chi connectivity index (χ0v) is 17.9. The zero-order valence-electron chi connectivity index (χ0n) is 17.9. The van der Waals surface area contributed by atoms with Crippen molar-refractivity contribution in [3.63, 3.8) is 0 Å². The minimum absolute atomic E-state index is 0.00431. The molecule has 158 valence electrons. The first kappa shape index (κ1) is 21.8. The number of hydrogen-bond donors (Lipinski definition) is 0. The molecule has 1 aliphatic heterocycles. The molecular formula is C25H30N2O3. The highest BCUT2D eigenvalue weighted by molar-refractivity contribution is 5.98. The van der Waals surface area contributed by atoms with E-state index >= 15 is 0 Å². The van der Waals surface area contributed by atoms with Crippen LogP contribution in [0.1, 0.15) is 58.5 Å². The summed E-state index contributed by atoms with van der Waals surface area (Å²) in [6, 6.07) is 15.3. The monoisotopic (exact) mass is 406 g/mol. The molecule has 1 aliphatic rings. The Bertz CT molecular complexity index is 880. The van der Waals surface area contributed by atoms with Crippen LogP contribution in [-0.4, -0.2) is 53.6 Å². The van der Waals surface area contributed by atoms with Gasteiger partial charge in [0.15, 0.2) is 5.78 Å². The van der Waals surface area contributed by atoms with E-state index in [1.165, 1.54) is 11.1 Å². The second-order valence-electron chi connectivity index (χ2n) is 7.70. The van der Waals surface area contributed by atoms with Gasteiger partial charge in [0.1, 0.15) is 0 Å². The fraction of sp³-hybridized carbons (Fsp3) is 0.400. The highest BCUT2D eigenvalue weighted by atomic mass is 16.2. The molecule has 1 fully saturated rings. The normalized spacial score (nSPS) is 13.9. The Morgan fingerprint density at radius 1 is 0.667 bits per heavy atom. The van der Waals surface area contributed by atoms with Gasteiger partial charge in [0, 0.05) is 50.1 Å². The van der Waals surface area contributed by atoms with Gasteiger partial charge in [-0.25, -0.2) is 0 Å². The summed E-state index contributed by atoms with van der Waals surface area (Å²) in [6.07, 6.45) is 2.31. The van der Waals surface area contributed by atoms with Crippen molar-refractivity contribution in [1.29, 1.82) is 0 Å². The van der Waals surface area contributed by atoms with Gasteiger partial charge in [-0.15, -0.1) is 0 Å². The summed E-state index contributed by atoms with van der Waals surface area (Å²) in [5.41, 5.74) is 3.74. The lowest BCUT2D eigenvalue weighted by molar-refractivity contribution is -0.132. The van der Waals surface area contributed by atoms with Crippen molar-refractivity contribution in [2.75, 3.05) is 26.2 Å². The van der Waals surface area contributed by atoms with Crippen LogP contribution in [0.2, 0.25) is 0 Å². The molecule has 2 aromatic carbocycles. The molecule has 0 N–H and O–H groups in total. The van der Waals surface area contributed by atoms with Crippen LogP contribution in [-0.2, 0) is 17.6 Å². The van der Waals surface area contributed by atoms with Crippen LogP contribution in [0.3, 0.4) is 0 Å². The molecule has 2 aromatic rings. The van der Waals surface area contributed by atoms with Crippen molar-refractivity contribution in [2.24, 2.45) is 0 Å². The van der Waals surface area contributed by atoms with Crippen molar-refractivity contribution < 1.29 is 14.4 Å². The smallest absolute Gasteiger partial charge is 0.253 e. The van der Waals surface area contributed by atoms with Crippen LogP contribution >= 0.6 is 0 Å². The Labute approximate surface area is 178 Å². The Hall–Kier alpha value is -2.95. The number of Topliss-reactive ketones (excluding diaryl/α,β-unsaturated/α-hetero) is 1. The van der Waals surface area contributed by atoms with E-state index in [0.717, 1.165) is 12.8 Å². The molecule has 0 spiro atoms. The summed E-state index contributed by atoms with van der Waals surface area (Å²) in [5, 5.41) is 0. The van der Waals surface area contributed by atoms with Gasteiger partial charge < -0.3 is 9.80 Å². The lowest BCUT2D eigenvalue weighted by Gasteiger charge is -2.35. The Balaban J connectivity index is 1.46. The SMILES string of the molecule is CCc1ccc(C(=O)CCC(=O)N2CCN(C(=O)c3ccc(CC)cc3)CC2)cc1. The second kappa shape index (κ2) is 10.2. The van der Waals surface area contributed by atoms with Crippen molar-refractivity contribution in [1.82, 2.24) is 9.80 Å². The van der Waals surface area contributed by atoms with Gasteiger partial charge in [-0.2, -0.15) is 0 Å². The lowest BCUT2D eigenvalue weighted by Crippen LogP contribution is -2.50.